The van der Waals surface area contributed by atoms with Crippen LogP contribution in [0.5, 0.6) is 0 Å². The van der Waals surface area contributed by atoms with Gasteiger partial charge in [0.15, 0.2) is 19.7 Å². The molecule has 0 spiro atoms. The monoisotopic (exact) mass is 294 g/mol. The normalized spacial score (nSPS) is 14.8. The molecule has 0 amide bonds. The lowest BCUT2D eigenvalue weighted by Crippen LogP contribution is -2.41. The van der Waals surface area contributed by atoms with E-state index in [9.17, 15) is 4.39 Å². The molecule has 2 rings (SSSR count). The minimum atomic E-state index is -1.86. The van der Waals surface area contributed by atoms with Gasteiger partial charge in [-0.05, 0) is 42.8 Å². The molecule has 2 nitrogen and oxygen atoms in total. The summed E-state index contributed by atoms with van der Waals surface area (Å²) in [6.07, 6.45) is 1.45. The van der Waals surface area contributed by atoms with Crippen LogP contribution in [0.1, 0.15) is 39.4 Å². The third kappa shape index (κ3) is 2.67. The molecule has 0 radical (unpaired) electrons. The fourth-order valence-corrected chi connectivity index (χ4v) is 3.45. The van der Waals surface area contributed by atoms with Gasteiger partial charge in [-0.25, -0.2) is 4.39 Å². The Hall–Kier alpha value is -1.13. The molecule has 1 heterocycles. The van der Waals surface area contributed by atoms with Gasteiger partial charge in [-0.3, -0.25) is 0 Å². The molecular weight excluding hydrogens is 271 g/mol. The molecule has 0 saturated carbocycles. The second-order valence-electron chi connectivity index (χ2n) is 6.82. The molecule has 0 unspecified atom stereocenters. The third-order valence-electron chi connectivity index (χ3n) is 4.32. The molecule has 4 heteroatoms. The standard InChI is InChI=1S/C16H23FO2Si/c1-11(19-20(5,6)16(2,3)4)12-7-8-14(17)15-13(12)9-10-18-15/h7-11H,1-6H3/t11-/m1/s1. The maximum absolute atomic E-state index is 13.7. The zero-order valence-electron chi connectivity index (χ0n) is 13.1. The van der Waals surface area contributed by atoms with E-state index in [4.69, 9.17) is 8.84 Å². The van der Waals surface area contributed by atoms with Gasteiger partial charge in [-0.15, -0.1) is 0 Å². The predicted octanol–water partition coefficient (Wildman–Crippen LogP) is 5.65. The van der Waals surface area contributed by atoms with E-state index in [1.165, 1.54) is 12.3 Å². The van der Waals surface area contributed by atoms with Gasteiger partial charge >= 0.3 is 0 Å². The number of benzene rings is 1. The van der Waals surface area contributed by atoms with Crippen LogP contribution in [0.2, 0.25) is 18.1 Å². The van der Waals surface area contributed by atoms with E-state index in [0.29, 0.717) is 5.58 Å². The van der Waals surface area contributed by atoms with E-state index in [1.807, 2.05) is 6.92 Å². The smallest absolute Gasteiger partial charge is 0.192 e. The summed E-state index contributed by atoms with van der Waals surface area (Å²) in [7, 11) is -1.86. The molecule has 0 aliphatic rings. The van der Waals surface area contributed by atoms with Crippen LogP contribution in [0.4, 0.5) is 4.39 Å². The van der Waals surface area contributed by atoms with E-state index in [-0.39, 0.29) is 17.0 Å². The van der Waals surface area contributed by atoms with E-state index < -0.39 is 8.32 Å². The summed E-state index contributed by atoms with van der Waals surface area (Å²) < 4.78 is 25.3. The Labute approximate surface area is 121 Å². The van der Waals surface area contributed by atoms with E-state index in [2.05, 4.69) is 33.9 Å². The number of fused-ring (bicyclic) bond motifs is 1. The predicted molar refractivity (Wildman–Crippen MR) is 82.9 cm³/mol. The summed E-state index contributed by atoms with van der Waals surface area (Å²) in [6.45, 7) is 13.1. The van der Waals surface area contributed by atoms with E-state index in [1.54, 1.807) is 12.1 Å². The van der Waals surface area contributed by atoms with Crippen molar-refractivity contribution in [2.24, 2.45) is 0 Å². The maximum atomic E-state index is 13.7. The van der Waals surface area contributed by atoms with Crippen molar-refractivity contribution < 1.29 is 13.2 Å². The van der Waals surface area contributed by atoms with Gasteiger partial charge in [0.1, 0.15) is 0 Å². The maximum Gasteiger partial charge on any atom is 0.192 e. The Balaban J connectivity index is 2.35. The molecule has 1 aromatic heterocycles. The van der Waals surface area contributed by atoms with Crippen LogP contribution in [0, 0.1) is 5.82 Å². The average Bonchev–Trinajstić information content (AvgIpc) is 2.76. The summed E-state index contributed by atoms with van der Waals surface area (Å²) in [6, 6.07) is 5.05. The van der Waals surface area contributed by atoms with Gasteiger partial charge < -0.3 is 8.84 Å². The molecule has 0 aliphatic heterocycles. The van der Waals surface area contributed by atoms with Crippen LogP contribution in [-0.2, 0) is 4.43 Å². The molecule has 0 aliphatic carbocycles. The number of hydrogen-bond acceptors (Lipinski definition) is 2. The largest absolute Gasteiger partial charge is 0.461 e. The Bertz CT molecular complexity index is 610. The van der Waals surface area contributed by atoms with Crippen molar-refractivity contribution in [3.63, 3.8) is 0 Å². The highest BCUT2D eigenvalue weighted by atomic mass is 28.4. The fourth-order valence-electron chi connectivity index (χ4n) is 2.09. The van der Waals surface area contributed by atoms with Crippen LogP contribution in [-0.4, -0.2) is 8.32 Å². The van der Waals surface area contributed by atoms with Gasteiger partial charge in [0.2, 0.25) is 0 Å². The van der Waals surface area contributed by atoms with Gasteiger partial charge in [0.05, 0.1) is 12.4 Å². The lowest BCUT2D eigenvalue weighted by Gasteiger charge is -2.38. The minimum Gasteiger partial charge on any atom is -0.461 e. The fraction of sp³-hybridized carbons (Fsp3) is 0.500. The zero-order valence-corrected chi connectivity index (χ0v) is 14.1. The molecule has 0 saturated heterocycles. The first-order valence-corrected chi connectivity index (χ1v) is 9.88. The molecule has 20 heavy (non-hydrogen) atoms. The van der Waals surface area contributed by atoms with Crippen LogP contribution >= 0.6 is 0 Å². The lowest BCUT2D eigenvalue weighted by atomic mass is 10.1. The number of halogens is 1. The zero-order chi connectivity index (χ0) is 15.1. The third-order valence-corrected chi connectivity index (χ3v) is 8.87. The summed E-state index contributed by atoms with van der Waals surface area (Å²) in [5, 5.41) is 0.952. The van der Waals surface area contributed by atoms with E-state index >= 15 is 0 Å². The SMILES string of the molecule is C[C@@H](O[Si](C)(C)C(C)(C)C)c1ccc(F)c2occc12. The average molecular weight is 294 g/mol. The Kier molecular flexibility index (Phi) is 3.82. The number of rotatable bonds is 3. The number of furan rings is 1. The van der Waals surface area contributed by atoms with Crippen molar-refractivity contribution in [2.75, 3.05) is 0 Å². The Morgan fingerprint density at radius 3 is 2.45 bits per heavy atom. The molecule has 0 fully saturated rings. The van der Waals surface area contributed by atoms with Gasteiger partial charge in [-0.1, -0.05) is 26.8 Å². The molecule has 1 atom stereocenters. The summed E-state index contributed by atoms with van der Waals surface area (Å²) in [5.41, 5.74) is 1.30. The van der Waals surface area contributed by atoms with Crippen LogP contribution in [0.25, 0.3) is 11.0 Å². The summed E-state index contributed by atoms with van der Waals surface area (Å²) in [5.74, 6) is -0.326. The van der Waals surface area contributed by atoms with Crippen molar-refractivity contribution in [3.8, 4) is 0 Å². The van der Waals surface area contributed by atoms with Crippen LogP contribution in [0.3, 0.4) is 0 Å². The first-order chi connectivity index (χ1) is 9.13. The molecule has 0 N–H and O–H groups in total. The highest BCUT2D eigenvalue weighted by molar-refractivity contribution is 6.74. The molecule has 2 aromatic rings. The molecular formula is C16H23FO2Si. The molecule has 1 aromatic carbocycles. The van der Waals surface area contributed by atoms with Gasteiger partial charge in [0.25, 0.3) is 0 Å². The highest BCUT2D eigenvalue weighted by Gasteiger charge is 2.38. The molecule has 110 valence electrons. The van der Waals surface area contributed by atoms with Crippen molar-refractivity contribution in [1.82, 2.24) is 0 Å². The van der Waals surface area contributed by atoms with Gasteiger partial charge in [0, 0.05) is 5.39 Å². The summed E-state index contributed by atoms with van der Waals surface area (Å²) >= 11 is 0. The number of hydrogen-bond donors (Lipinski definition) is 0. The van der Waals surface area contributed by atoms with Crippen LogP contribution < -0.4 is 0 Å². The van der Waals surface area contributed by atoms with Crippen molar-refractivity contribution in [3.05, 3.63) is 35.8 Å². The molecule has 0 bridgehead atoms. The lowest BCUT2D eigenvalue weighted by molar-refractivity contribution is 0.204. The topological polar surface area (TPSA) is 22.4 Å². The van der Waals surface area contributed by atoms with Crippen LogP contribution in [0.15, 0.2) is 28.9 Å². The Morgan fingerprint density at radius 1 is 1.20 bits per heavy atom. The highest BCUT2D eigenvalue weighted by Crippen LogP contribution is 2.40. The van der Waals surface area contributed by atoms with E-state index in [0.717, 1.165) is 10.9 Å². The van der Waals surface area contributed by atoms with Crippen molar-refractivity contribution >= 4 is 19.3 Å². The van der Waals surface area contributed by atoms with Crippen molar-refractivity contribution in [1.29, 1.82) is 0 Å². The summed E-state index contributed by atoms with van der Waals surface area (Å²) in [4.78, 5) is 0. The quantitative estimate of drug-likeness (QED) is 0.682. The Morgan fingerprint density at radius 2 is 1.85 bits per heavy atom. The first kappa shape index (κ1) is 15.3. The van der Waals surface area contributed by atoms with Gasteiger partial charge in [-0.2, -0.15) is 0 Å². The second-order valence-corrected chi connectivity index (χ2v) is 11.6. The second kappa shape index (κ2) is 5.01. The van der Waals surface area contributed by atoms with Crippen molar-refractivity contribution in [2.45, 2.75) is 51.9 Å². The first-order valence-electron chi connectivity index (χ1n) is 6.97. The minimum absolute atomic E-state index is 0.0726.